The maximum atomic E-state index is 11.0. The Morgan fingerprint density at radius 1 is 1.44 bits per heavy atom. The van der Waals surface area contributed by atoms with Crippen LogP contribution < -0.4 is 11.1 Å². The van der Waals surface area contributed by atoms with Crippen molar-refractivity contribution in [1.29, 1.82) is 0 Å². The van der Waals surface area contributed by atoms with Gasteiger partial charge in [0.1, 0.15) is 0 Å². The number of hydrogen-bond donors (Lipinski definition) is 2. The number of carbonyl (C=O) groups is 1. The largest absolute Gasteiger partial charge is 0.352 e. The first-order valence-corrected chi connectivity index (χ1v) is 5.65. The number of halogens is 2. The number of amides is 1. The fraction of sp³-hybridized carbons (Fsp3) is 0.364. The Morgan fingerprint density at radius 3 is 2.50 bits per heavy atom. The van der Waals surface area contributed by atoms with Crippen LogP contribution in [0, 0.1) is 0 Å². The lowest BCUT2D eigenvalue weighted by molar-refractivity contribution is -0.120. The molecule has 0 aliphatic rings. The highest BCUT2D eigenvalue weighted by Gasteiger charge is 2.06. The van der Waals surface area contributed by atoms with E-state index in [1.807, 2.05) is 31.2 Å². The molecule has 1 amide bonds. The molecule has 0 bridgehead atoms. The average molecular weight is 308 g/mol. The first-order valence-electron chi connectivity index (χ1n) is 4.85. The third-order valence-electron chi connectivity index (χ3n) is 2.05. The van der Waals surface area contributed by atoms with Crippen LogP contribution in [0.5, 0.6) is 0 Å². The zero-order chi connectivity index (χ0) is 11.3. The molecular formula is C11H16BrClN2O. The van der Waals surface area contributed by atoms with E-state index in [4.69, 9.17) is 5.73 Å². The summed E-state index contributed by atoms with van der Waals surface area (Å²) in [5.74, 6) is -0.111. The Morgan fingerprint density at radius 2 is 2.00 bits per heavy atom. The molecule has 3 N–H and O–H groups in total. The molecule has 1 aromatic rings. The Hall–Kier alpha value is -0.580. The van der Waals surface area contributed by atoms with Crippen molar-refractivity contribution >= 4 is 34.2 Å². The molecule has 0 fully saturated rings. The van der Waals surface area contributed by atoms with E-state index in [-0.39, 0.29) is 30.9 Å². The van der Waals surface area contributed by atoms with Gasteiger partial charge in [0.05, 0.1) is 6.54 Å². The van der Waals surface area contributed by atoms with Crippen LogP contribution >= 0.6 is 28.3 Å². The Bertz CT molecular complexity index is 329. The van der Waals surface area contributed by atoms with Crippen molar-refractivity contribution in [3.63, 3.8) is 0 Å². The van der Waals surface area contributed by atoms with Crippen LogP contribution in [0.4, 0.5) is 0 Å². The van der Waals surface area contributed by atoms with Crippen LogP contribution in [0.3, 0.4) is 0 Å². The molecule has 0 saturated heterocycles. The summed E-state index contributed by atoms with van der Waals surface area (Å²) in [6.45, 7) is 2.01. The van der Waals surface area contributed by atoms with Crippen LogP contribution in [-0.2, 0) is 11.2 Å². The van der Waals surface area contributed by atoms with Crippen molar-refractivity contribution in [2.75, 3.05) is 6.54 Å². The summed E-state index contributed by atoms with van der Waals surface area (Å²) in [4.78, 5) is 11.0. The molecule has 0 spiro atoms. The molecule has 5 heteroatoms. The summed E-state index contributed by atoms with van der Waals surface area (Å²) in [7, 11) is 0. The van der Waals surface area contributed by atoms with E-state index in [9.17, 15) is 4.79 Å². The van der Waals surface area contributed by atoms with Gasteiger partial charge in [-0.25, -0.2) is 0 Å². The lowest BCUT2D eigenvalue weighted by atomic mass is 10.1. The van der Waals surface area contributed by atoms with Gasteiger partial charge >= 0.3 is 0 Å². The normalized spacial score (nSPS) is 11.4. The molecular weight excluding hydrogens is 291 g/mol. The summed E-state index contributed by atoms with van der Waals surface area (Å²) < 4.78 is 1.06. The van der Waals surface area contributed by atoms with E-state index < -0.39 is 0 Å². The highest BCUT2D eigenvalue weighted by atomic mass is 79.9. The number of rotatable bonds is 4. The van der Waals surface area contributed by atoms with Gasteiger partial charge < -0.3 is 11.1 Å². The first-order chi connectivity index (χ1) is 7.11. The molecule has 90 valence electrons. The quantitative estimate of drug-likeness (QED) is 0.892. The second-order valence-corrected chi connectivity index (χ2v) is 4.42. The Kier molecular flexibility index (Phi) is 7.38. The minimum Gasteiger partial charge on any atom is -0.352 e. The third kappa shape index (κ3) is 5.49. The summed E-state index contributed by atoms with van der Waals surface area (Å²) in [6, 6.07) is 8.17. The molecule has 1 atom stereocenters. The molecule has 0 heterocycles. The zero-order valence-corrected chi connectivity index (χ0v) is 11.5. The van der Waals surface area contributed by atoms with Crippen LogP contribution in [0.25, 0.3) is 0 Å². The Labute approximate surface area is 110 Å². The molecule has 0 saturated carbocycles. The highest BCUT2D eigenvalue weighted by molar-refractivity contribution is 9.10. The van der Waals surface area contributed by atoms with Gasteiger partial charge in [-0.3, -0.25) is 4.79 Å². The van der Waals surface area contributed by atoms with E-state index in [2.05, 4.69) is 21.2 Å². The summed E-state index contributed by atoms with van der Waals surface area (Å²) in [5.41, 5.74) is 6.41. The molecule has 0 aliphatic heterocycles. The molecule has 1 rings (SSSR count). The SMILES string of the molecule is CC(Cc1ccc(Br)cc1)NC(=O)CN.Cl. The van der Waals surface area contributed by atoms with Gasteiger partial charge in [-0.1, -0.05) is 28.1 Å². The first kappa shape index (κ1) is 15.4. The van der Waals surface area contributed by atoms with Gasteiger partial charge in [-0.2, -0.15) is 0 Å². The Balaban J connectivity index is 0.00000225. The van der Waals surface area contributed by atoms with Crippen molar-refractivity contribution in [2.45, 2.75) is 19.4 Å². The van der Waals surface area contributed by atoms with Crippen LogP contribution in [0.2, 0.25) is 0 Å². The number of nitrogens with two attached hydrogens (primary N) is 1. The van der Waals surface area contributed by atoms with E-state index in [0.29, 0.717) is 0 Å². The molecule has 3 nitrogen and oxygen atoms in total. The third-order valence-corrected chi connectivity index (χ3v) is 2.58. The van der Waals surface area contributed by atoms with Crippen molar-refractivity contribution in [3.05, 3.63) is 34.3 Å². The standard InChI is InChI=1S/C11H15BrN2O.ClH/c1-8(14-11(15)7-13)6-9-2-4-10(12)5-3-9;/h2-5,8H,6-7,13H2,1H3,(H,14,15);1H. The van der Waals surface area contributed by atoms with Crippen molar-refractivity contribution in [1.82, 2.24) is 5.32 Å². The van der Waals surface area contributed by atoms with E-state index in [1.54, 1.807) is 0 Å². The van der Waals surface area contributed by atoms with Gasteiger partial charge in [0.15, 0.2) is 0 Å². The van der Waals surface area contributed by atoms with E-state index in [1.165, 1.54) is 5.56 Å². The predicted molar refractivity (Wildman–Crippen MR) is 71.8 cm³/mol. The van der Waals surface area contributed by atoms with Gasteiger partial charge in [0, 0.05) is 10.5 Å². The maximum absolute atomic E-state index is 11.0. The van der Waals surface area contributed by atoms with Crippen molar-refractivity contribution in [2.24, 2.45) is 5.73 Å². The second kappa shape index (κ2) is 7.65. The lowest BCUT2D eigenvalue weighted by Gasteiger charge is -2.13. The van der Waals surface area contributed by atoms with Gasteiger partial charge in [-0.15, -0.1) is 12.4 Å². The fourth-order valence-corrected chi connectivity index (χ4v) is 1.62. The highest BCUT2D eigenvalue weighted by Crippen LogP contribution is 2.11. The molecule has 0 radical (unpaired) electrons. The van der Waals surface area contributed by atoms with Gasteiger partial charge in [0.2, 0.25) is 5.91 Å². The summed E-state index contributed by atoms with van der Waals surface area (Å²) in [6.07, 6.45) is 0.818. The van der Waals surface area contributed by atoms with Crippen molar-refractivity contribution < 1.29 is 4.79 Å². The molecule has 0 aromatic heterocycles. The minimum absolute atomic E-state index is 0. The monoisotopic (exact) mass is 306 g/mol. The minimum atomic E-state index is -0.111. The topological polar surface area (TPSA) is 55.1 Å². The number of nitrogens with one attached hydrogen (secondary N) is 1. The number of benzene rings is 1. The second-order valence-electron chi connectivity index (χ2n) is 3.50. The van der Waals surface area contributed by atoms with E-state index in [0.717, 1.165) is 10.9 Å². The lowest BCUT2D eigenvalue weighted by Crippen LogP contribution is -2.38. The molecule has 16 heavy (non-hydrogen) atoms. The molecule has 0 aliphatic carbocycles. The zero-order valence-electron chi connectivity index (χ0n) is 9.07. The summed E-state index contributed by atoms with van der Waals surface area (Å²) in [5, 5.41) is 2.82. The maximum Gasteiger partial charge on any atom is 0.233 e. The van der Waals surface area contributed by atoms with Crippen LogP contribution in [-0.4, -0.2) is 18.5 Å². The molecule has 1 aromatic carbocycles. The number of carbonyl (C=O) groups excluding carboxylic acids is 1. The predicted octanol–water partition coefficient (Wildman–Crippen LogP) is 1.88. The summed E-state index contributed by atoms with van der Waals surface area (Å²) >= 11 is 3.38. The van der Waals surface area contributed by atoms with Gasteiger partial charge in [-0.05, 0) is 31.0 Å². The van der Waals surface area contributed by atoms with Crippen molar-refractivity contribution in [3.8, 4) is 0 Å². The average Bonchev–Trinajstić information content (AvgIpc) is 2.21. The fourth-order valence-electron chi connectivity index (χ4n) is 1.36. The van der Waals surface area contributed by atoms with Crippen LogP contribution in [0.1, 0.15) is 12.5 Å². The molecule has 1 unspecified atom stereocenters. The van der Waals surface area contributed by atoms with Gasteiger partial charge in [0.25, 0.3) is 0 Å². The van der Waals surface area contributed by atoms with Crippen LogP contribution in [0.15, 0.2) is 28.7 Å². The number of hydrogen-bond acceptors (Lipinski definition) is 2. The smallest absolute Gasteiger partial charge is 0.233 e. The van der Waals surface area contributed by atoms with E-state index >= 15 is 0 Å².